The number of hydrogen-bond acceptors (Lipinski definition) is 0. The first-order chi connectivity index (χ1) is 0. The van der Waals surface area contributed by atoms with E-state index in [1.165, 1.54) is 0 Å². The molecule has 0 fully saturated rings. The van der Waals surface area contributed by atoms with Gasteiger partial charge >= 0.3 is 47.0 Å². The van der Waals surface area contributed by atoms with Crippen molar-refractivity contribution in [2.75, 3.05) is 0 Å². The molecule has 0 aromatic heterocycles. The summed E-state index contributed by atoms with van der Waals surface area (Å²) in [7, 11) is 0. The summed E-state index contributed by atoms with van der Waals surface area (Å²) >= 11 is 0. The molecule has 0 aliphatic carbocycles. The van der Waals surface area contributed by atoms with E-state index in [1.54, 1.807) is 0 Å². The van der Waals surface area contributed by atoms with Gasteiger partial charge < -0.3 is 0 Å². The van der Waals surface area contributed by atoms with E-state index in [2.05, 4.69) is 0 Å². The first-order valence-electron chi connectivity index (χ1n) is 0. The normalized spacial score (nSPS) is 0. The van der Waals surface area contributed by atoms with Gasteiger partial charge in [0.2, 0.25) is 0 Å². The maximum absolute atomic E-state index is 0. The van der Waals surface area contributed by atoms with E-state index >= 15 is 0 Å². The van der Waals surface area contributed by atoms with Crippen molar-refractivity contribution in [3.63, 3.8) is 0 Å². The Kier molecular flexibility index (Phi) is 133. The first-order valence-corrected chi connectivity index (χ1v) is 0. The molecule has 0 spiro atoms. The van der Waals surface area contributed by atoms with Crippen LogP contribution in [0.1, 0.15) is 0 Å². The van der Waals surface area contributed by atoms with Gasteiger partial charge in [-0.05, 0) is 0 Å². The van der Waals surface area contributed by atoms with Gasteiger partial charge in [-0.1, -0.05) is 0 Å². The van der Waals surface area contributed by atoms with Gasteiger partial charge in [-0.3, -0.25) is 0 Å². The van der Waals surface area contributed by atoms with Gasteiger partial charge in [0, 0.05) is 17.1 Å². The topological polar surface area (TPSA) is 0 Å². The second kappa shape index (κ2) is 17.5. The summed E-state index contributed by atoms with van der Waals surface area (Å²) < 4.78 is 0. The third-order valence-electron chi connectivity index (χ3n) is 0. The molecule has 23 valence electrons. The Bertz CT molecular complexity index is 8.00. The van der Waals surface area contributed by atoms with Gasteiger partial charge in [-0.2, -0.15) is 0 Å². The molecule has 0 atom stereocenters. The SMILES string of the molecule is [AlH3].[MgH2].[Mn].[SnH2]. The Labute approximate surface area is 80.2 Å². The molecule has 0 N–H and O–H groups in total. The van der Waals surface area contributed by atoms with E-state index in [4.69, 9.17) is 0 Å². The molecule has 0 amide bonds. The van der Waals surface area contributed by atoms with Crippen molar-refractivity contribution in [3.8, 4) is 0 Å². The number of rotatable bonds is 0. The molecule has 0 aromatic rings. The zero-order chi connectivity index (χ0) is 0. The van der Waals surface area contributed by atoms with Gasteiger partial charge in [0.25, 0.3) is 0 Å². The fourth-order valence-corrected chi connectivity index (χ4v) is 0. The van der Waals surface area contributed by atoms with Crippen LogP contribution in [0.25, 0.3) is 0 Å². The molecule has 3 radical (unpaired) electrons. The van der Waals surface area contributed by atoms with Gasteiger partial charge in [0.1, 0.15) is 0 Å². The minimum absolute atomic E-state index is 0. The summed E-state index contributed by atoms with van der Waals surface area (Å²) in [4.78, 5) is 0. The van der Waals surface area contributed by atoms with Crippen LogP contribution in [0.2, 0.25) is 0 Å². The molecular formula is H7AlMgMnSn. The van der Waals surface area contributed by atoms with Crippen LogP contribution in [0, 0.1) is 0 Å². The molecule has 0 nitrogen and oxygen atoms in total. The average molecular weight is 232 g/mol. The fraction of sp³-hybridized carbons (Fsp3) is 0. The average Bonchev–Trinajstić information content (AvgIpc) is 0. The van der Waals surface area contributed by atoms with Crippen molar-refractivity contribution in [2.24, 2.45) is 0 Å². The summed E-state index contributed by atoms with van der Waals surface area (Å²) in [5.41, 5.74) is 0. The Morgan fingerprint density at radius 1 is 1.00 bits per heavy atom. The molecule has 4 heteroatoms. The first kappa shape index (κ1) is 30.5. The van der Waals surface area contributed by atoms with Crippen molar-refractivity contribution in [3.05, 3.63) is 0 Å². The van der Waals surface area contributed by atoms with Crippen molar-refractivity contribution in [2.45, 2.75) is 0 Å². The van der Waals surface area contributed by atoms with Gasteiger partial charge in [-0.15, -0.1) is 0 Å². The molecule has 0 aliphatic rings. The van der Waals surface area contributed by atoms with Crippen molar-refractivity contribution in [1.82, 2.24) is 0 Å². The molecule has 0 bridgehead atoms. The summed E-state index contributed by atoms with van der Waals surface area (Å²) in [6, 6.07) is 0. The Morgan fingerprint density at radius 2 is 1.00 bits per heavy atom. The summed E-state index contributed by atoms with van der Waals surface area (Å²) in [5.74, 6) is 0. The number of hydrogen-bond donors (Lipinski definition) is 0. The zero-order valence-corrected chi connectivity index (χ0v) is 6.30. The summed E-state index contributed by atoms with van der Waals surface area (Å²) in [6.45, 7) is 0. The molecule has 0 saturated heterocycles. The van der Waals surface area contributed by atoms with Gasteiger partial charge in [0.05, 0.1) is 0 Å². The van der Waals surface area contributed by atoms with E-state index < -0.39 is 0 Å². The van der Waals surface area contributed by atoms with Crippen molar-refractivity contribution >= 4 is 64.3 Å². The third kappa shape index (κ3) is 8.82. The van der Waals surface area contributed by atoms with Crippen LogP contribution in [0.3, 0.4) is 0 Å². The Morgan fingerprint density at radius 3 is 1.00 bits per heavy atom. The van der Waals surface area contributed by atoms with Crippen LogP contribution in [-0.2, 0) is 17.1 Å². The molecule has 0 aromatic carbocycles. The van der Waals surface area contributed by atoms with Gasteiger partial charge in [-0.25, -0.2) is 0 Å². The summed E-state index contributed by atoms with van der Waals surface area (Å²) in [6.07, 6.45) is 0. The van der Waals surface area contributed by atoms with Crippen LogP contribution < -0.4 is 0 Å². The zero-order valence-electron chi connectivity index (χ0n) is 1.09. The predicted molar refractivity (Wildman–Crippen MR) is 27.0 cm³/mol. The quantitative estimate of drug-likeness (QED) is 0.390. The minimum atomic E-state index is 0. The van der Waals surface area contributed by atoms with Crippen LogP contribution in [-0.4, -0.2) is 64.3 Å². The second-order valence-electron chi connectivity index (χ2n) is 0. The molecule has 0 heterocycles. The monoisotopic (exact) mass is 233 g/mol. The van der Waals surface area contributed by atoms with E-state index in [-0.39, 0.29) is 81.4 Å². The molecule has 0 rings (SSSR count). The van der Waals surface area contributed by atoms with E-state index in [0.717, 1.165) is 0 Å². The fourth-order valence-electron chi connectivity index (χ4n) is 0. The van der Waals surface area contributed by atoms with Gasteiger partial charge in [0.15, 0.2) is 17.4 Å². The van der Waals surface area contributed by atoms with E-state index in [9.17, 15) is 0 Å². The third-order valence-corrected chi connectivity index (χ3v) is 0. The van der Waals surface area contributed by atoms with Crippen molar-refractivity contribution < 1.29 is 17.1 Å². The summed E-state index contributed by atoms with van der Waals surface area (Å²) in [5, 5.41) is 0. The van der Waals surface area contributed by atoms with Crippen LogP contribution >= 0.6 is 0 Å². The predicted octanol–water partition coefficient (Wildman–Crippen LogP) is -3.02. The Hall–Kier alpha value is 2.62. The van der Waals surface area contributed by atoms with Crippen molar-refractivity contribution in [1.29, 1.82) is 0 Å². The molecule has 0 saturated carbocycles. The molecule has 4 heavy (non-hydrogen) atoms. The maximum atomic E-state index is 0. The second-order valence-corrected chi connectivity index (χ2v) is 0. The van der Waals surface area contributed by atoms with E-state index in [0.29, 0.717) is 0 Å². The van der Waals surface area contributed by atoms with E-state index in [1.807, 2.05) is 0 Å². The molecular weight excluding hydrogens is 225 g/mol. The Balaban J connectivity index is 0. The van der Waals surface area contributed by atoms with Crippen LogP contribution in [0.4, 0.5) is 0 Å². The molecule has 0 aliphatic heterocycles. The molecule has 0 unspecified atom stereocenters. The van der Waals surface area contributed by atoms with Crippen LogP contribution in [0.15, 0.2) is 0 Å². The van der Waals surface area contributed by atoms with Crippen LogP contribution in [0.5, 0.6) is 0 Å². The standard InChI is InChI=1S/Al.Mg.Mn.Sn.7H.